The van der Waals surface area contributed by atoms with E-state index in [2.05, 4.69) is 10.2 Å². The van der Waals surface area contributed by atoms with Crippen molar-refractivity contribution in [1.82, 2.24) is 15.1 Å². The summed E-state index contributed by atoms with van der Waals surface area (Å²) in [6.45, 7) is 6.16. The third-order valence-electron chi connectivity index (χ3n) is 3.26. The Hall–Kier alpha value is -1.89. The van der Waals surface area contributed by atoms with Gasteiger partial charge >= 0.3 is 5.97 Å². The van der Waals surface area contributed by atoms with Crippen molar-refractivity contribution in [3.05, 3.63) is 17.5 Å². The van der Waals surface area contributed by atoms with E-state index in [1.54, 1.807) is 13.0 Å². The Bertz CT molecular complexity index is 511. The van der Waals surface area contributed by atoms with E-state index in [4.69, 9.17) is 9.84 Å². The molecule has 2 atom stereocenters. The van der Waals surface area contributed by atoms with Crippen molar-refractivity contribution in [2.75, 3.05) is 13.1 Å². The molecule has 0 aliphatic carbocycles. The lowest BCUT2D eigenvalue weighted by Crippen LogP contribution is -2.51. The van der Waals surface area contributed by atoms with Crippen LogP contribution >= 0.6 is 0 Å². The van der Waals surface area contributed by atoms with Gasteiger partial charge in [0.2, 0.25) is 0 Å². The number of carboxylic acid groups (broad SMARTS) is 1. The van der Waals surface area contributed by atoms with E-state index in [9.17, 15) is 9.59 Å². The SMILES string of the molecule is CC(C)c1cc(C(=O)N2CC(C(=O)O)O[C@H](C)C2)n[nH]1. The molecular weight excluding hydrogens is 262 g/mol. The summed E-state index contributed by atoms with van der Waals surface area (Å²) in [5.41, 5.74) is 1.19. The molecule has 1 aliphatic heterocycles. The smallest absolute Gasteiger partial charge is 0.334 e. The van der Waals surface area contributed by atoms with Crippen molar-refractivity contribution in [2.45, 2.75) is 38.9 Å². The third-order valence-corrected chi connectivity index (χ3v) is 3.26. The van der Waals surface area contributed by atoms with Gasteiger partial charge in [-0.1, -0.05) is 13.8 Å². The summed E-state index contributed by atoms with van der Waals surface area (Å²) >= 11 is 0. The highest BCUT2D eigenvalue weighted by molar-refractivity contribution is 5.93. The van der Waals surface area contributed by atoms with Crippen LogP contribution in [-0.4, -0.2) is 57.4 Å². The number of aliphatic carboxylic acids is 1. The first-order valence-corrected chi connectivity index (χ1v) is 6.61. The average molecular weight is 281 g/mol. The standard InChI is InChI=1S/C13H19N3O4/c1-7(2)9-4-10(15-14-9)12(17)16-5-8(3)20-11(6-16)13(18)19/h4,7-8,11H,5-6H2,1-3H3,(H,14,15)(H,18,19)/t8-,11?/m1/s1. The molecule has 0 radical (unpaired) electrons. The number of aromatic nitrogens is 2. The van der Waals surface area contributed by atoms with E-state index in [0.717, 1.165) is 5.69 Å². The number of rotatable bonds is 3. The van der Waals surface area contributed by atoms with E-state index in [0.29, 0.717) is 12.2 Å². The van der Waals surface area contributed by atoms with Crippen molar-refractivity contribution in [1.29, 1.82) is 0 Å². The van der Waals surface area contributed by atoms with Gasteiger partial charge in [0.15, 0.2) is 6.10 Å². The van der Waals surface area contributed by atoms with Crippen LogP contribution in [0.25, 0.3) is 0 Å². The Morgan fingerprint density at radius 1 is 1.50 bits per heavy atom. The number of carbonyl (C=O) groups excluding carboxylic acids is 1. The van der Waals surface area contributed by atoms with Crippen molar-refractivity contribution in [3.63, 3.8) is 0 Å². The maximum atomic E-state index is 12.3. The summed E-state index contributed by atoms with van der Waals surface area (Å²) < 4.78 is 5.29. The molecule has 0 spiro atoms. The van der Waals surface area contributed by atoms with Gasteiger partial charge in [-0.2, -0.15) is 5.10 Å². The van der Waals surface area contributed by atoms with Crippen molar-refractivity contribution >= 4 is 11.9 Å². The van der Waals surface area contributed by atoms with Crippen LogP contribution in [0.3, 0.4) is 0 Å². The van der Waals surface area contributed by atoms with E-state index >= 15 is 0 Å². The molecule has 110 valence electrons. The van der Waals surface area contributed by atoms with Crippen LogP contribution in [0.15, 0.2) is 6.07 Å². The number of morpholine rings is 1. The Kier molecular flexibility index (Phi) is 4.08. The van der Waals surface area contributed by atoms with Gasteiger partial charge in [0.05, 0.1) is 12.6 Å². The van der Waals surface area contributed by atoms with Gasteiger partial charge in [0.1, 0.15) is 5.69 Å². The Labute approximate surface area is 116 Å². The zero-order chi connectivity index (χ0) is 14.9. The summed E-state index contributed by atoms with van der Waals surface area (Å²) in [6, 6.07) is 1.71. The summed E-state index contributed by atoms with van der Waals surface area (Å²) in [5.74, 6) is -1.08. The summed E-state index contributed by atoms with van der Waals surface area (Å²) in [6.07, 6.45) is -1.29. The number of nitrogens with zero attached hydrogens (tertiary/aromatic N) is 2. The highest BCUT2D eigenvalue weighted by Gasteiger charge is 2.33. The van der Waals surface area contributed by atoms with Crippen LogP contribution in [-0.2, 0) is 9.53 Å². The predicted molar refractivity (Wildman–Crippen MR) is 70.6 cm³/mol. The molecule has 1 amide bonds. The number of amides is 1. The monoisotopic (exact) mass is 281 g/mol. The van der Waals surface area contributed by atoms with Crippen molar-refractivity contribution < 1.29 is 19.4 Å². The van der Waals surface area contributed by atoms with Crippen LogP contribution in [0.5, 0.6) is 0 Å². The van der Waals surface area contributed by atoms with Gasteiger partial charge in [-0.05, 0) is 18.9 Å². The topological polar surface area (TPSA) is 95.5 Å². The fraction of sp³-hybridized carbons (Fsp3) is 0.615. The minimum Gasteiger partial charge on any atom is -0.479 e. The first-order chi connectivity index (χ1) is 9.38. The fourth-order valence-corrected chi connectivity index (χ4v) is 2.16. The van der Waals surface area contributed by atoms with Crippen LogP contribution < -0.4 is 0 Å². The zero-order valence-corrected chi connectivity index (χ0v) is 11.8. The number of carbonyl (C=O) groups is 2. The Morgan fingerprint density at radius 2 is 2.20 bits per heavy atom. The summed E-state index contributed by atoms with van der Waals surface area (Å²) in [5, 5.41) is 15.8. The van der Waals surface area contributed by atoms with Gasteiger partial charge in [-0.25, -0.2) is 4.79 Å². The molecule has 1 aromatic heterocycles. The molecule has 7 heteroatoms. The highest BCUT2D eigenvalue weighted by atomic mass is 16.5. The number of H-pyrrole nitrogens is 1. The van der Waals surface area contributed by atoms with Crippen molar-refractivity contribution in [3.8, 4) is 0 Å². The summed E-state index contributed by atoms with van der Waals surface area (Å²) in [4.78, 5) is 24.8. The lowest BCUT2D eigenvalue weighted by molar-refractivity contribution is -0.160. The largest absolute Gasteiger partial charge is 0.479 e. The molecule has 1 aliphatic rings. The van der Waals surface area contributed by atoms with E-state index in [1.807, 2.05) is 13.8 Å². The van der Waals surface area contributed by atoms with Crippen LogP contribution in [0.4, 0.5) is 0 Å². The number of carboxylic acids is 1. The lowest BCUT2D eigenvalue weighted by Gasteiger charge is -2.34. The van der Waals surface area contributed by atoms with Gasteiger partial charge in [-0.15, -0.1) is 0 Å². The normalized spacial score (nSPS) is 23.1. The number of aromatic amines is 1. The molecule has 1 saturated heterocycles. The molecule has 1 unspecified atom stereocenters. The molecule has 0 saturated carbocycles. The maximum absolute atomic E-state index is 12.3. The van der Waals surface area contributed by atoms with Crippen LogP contribution in [0, 0.1) is 0 Å². The second-order valence-corrected chi connectivity index (χ2v) is 5.35. The second-order valence-electron chi connectivity index (χ2n) is 5.35. The number of ether oxygens (including phenoxy) is 1. The number of hydrogen-bond acceptors (Lipinski definition) is 4. The molecule has 0 aromatic carbocycles. The molecule has 0 bridgehead atoms. The molecule has 7 nitrogen and oxygen atoms in total. The van der Waals surface area contributed by atoms with Gasteiger partial charge in [-0.3, -0.25) is 9.89 Å². The molecule has 2 heterocycles. The lowest BCUT2D eigenvalue weighted by atomic mass is 10.1. The van der Waals surface area contributed by atoms with Crippen LogP contribution in [0.1, 0.15) is 42.9 Å². The van der Waals surface area contributed by atoms with Crippen LogP contribution in [0.2, 0.25) is 0 Å². The van der Waals surface area contributed by atoms with Gasteiger partial charge < -0.3 is 14.7 Å². The minimum atomic E-state index is -1.06. The fourth-order valence-electron chi connectivity index (χ4n) is 2.16. The molecule has 2 rings (SSSR count). The predicted octanol–water partition coefficient (Wildman–Crippen LogP) is 0.847. The van der Waals surface area contributed by atoms with Gasteiger partial charge in [0, 0.05) is 12.2 Å². The highest BCUT2D eigenvalue weighted by Crippen LogP contribution is 2.17. The Balaban J connectivity index is 2.12. The first-order valence-electron chi connectivity index (χ1n) is 6.61. The van der Waals surface area contributed by atoms with E-state index in [1.165, 1.54) is 4.90 Å². The summed E-state index contributed by atoms with van der Waals surface area (Å²) in [7, 11) is 0. The zero-order valence-electron chi connectivity index (χ0n) is 11.8. The minimum absolute atomic E-state index is 0.0440. The second kappa shape index (κ2) is 5.62. The third kappa shape index (κ3) is 2.98. The average Bonchev–Trinajstić information content (AvgIpc) is 2.86. The molecular formula is C13H19N3O4. The molecule has 20 heavy (non-hydrogen) atoms. The van der Waals surface area contributed by atoms with Gasteiger partial charge in [0.25, 0.3) is 5.91 Å². The Morgan fingerprint density at radius 3 is 2.75 bits per heavy atom. The van der Waals surface area contributed by atoms with Crippen molar-refractivity contribution in [2.24, 2.45) is 0 Å². The number of hydrogen-bond donors (Lipinski definition) is 2. The molecule has 1 fully saturated rings. The van der Waals surface area contributed by atoms with E-state index < -0.39 is 12.1 Å². The maximum Gasteiger partial charge on any atom is 0.334 e. The quantitative estimate of drug-likeness (QED) is 0.856. The molecule has 2 N–H and O–H groups in total. The number of nitrogens with one attached hydrogen (secondary N) is 1. The molecule has 1 aromatic rings. The van der Waals surface area contributed by atoms with E-state index in [-0.39, 0.29) is 24.5 Å². The first kappa shape index (κ1) is 14.5.